The minimum absolute atomic E-state index is 0.141. The normalized spacial score (nSPS) is 15.3. The SMILES string of the molecule is O=C(O)CCCCCCNC(=O)CC1CNC1. The molecule has 0 aromatic heterocycles. The highest BCUT2D eigenvalue weighted by atomic mass is 16.4. The highest BCUT2D eigenvalue weighted by Crippen LogP contribution is 2.07. The maximum Gasteiger partial charge on any atom is 0.303 e. The lowest BCUT2D eigenvalue weighted by Gasteiger charge is -2.26. The Morgan fingerprint density at radius 2 is 1.88 bits per heavy atom. The van der Waals surface area contributed by atoms with Crippen LogP contribution >= 0.6 is 0 Å². The number of amides is 1. The van der Waals surface area contributed by atoms with Crippen LogP contribution in [0.25, 0.3) is 0 Å². The molecule has 1 saturated heterocycles. The van der Waals surface area contributed by atoms with Crippen LogP contribution in [0.15, 0.2) is 0 Å². The molecule has 1 rings (SSSR count). The van der Waals surface area contributed by atoms with Crippen LogP contribution in [0.5, 0.6) is 0 Å². The summed E-state index contributed by atoms with van der Waals surface area (Å²) in [5, 5.41) is 14.5. The first kappa shape index (κ1) is 14.0. The lowest BCUT2D eigenvalue weighted by atomic mass is 9.99. The van der Waals surface area contributed by atoms with E-state index in [-0.39, 0.29) is 12.3 Å². The first-order valence-corrected chi connectivity index (χ1v) is 6.37. The van der Waals surface area contributed by atoms with Gasteiger partial charge in [-0.1, -0.05) is 12.8 Å². The Bertz CT molecular complexity index is 252. The molecule has 1 amide bonds. The third-order valence-corrected chi connectivity index (χ3v) is 2.98. The van der Waals surface area contributed by atoms with Crippen molar-refractivity contribution in [1.29, 1.82) is 0 Å². The van der Waals surface area contributed by atoms with Gasteiger partial charge >= 0.3 is 5.97 Å². The van der Waals surface area contributed by atoms with E-state index in [1.165, 1.54) is 0 Å². The summed E-state index contributed by atoms with van der Waals surface area (Å²) in [6, 6.07) is 0. The van der Waals surface area contributed by atoms with Crippen molar-refractivity contribution in [2.75, 3.05) is 19.6 Å². The van der Waals surface area contributed by atoms with Gasteiger partial charge < -0.3 is 15.7 Å². The van der Waals surface area contributed by atoms with Gasteiger partial charge in [-0.2, -0.15) is 0 Å². The zero-order valence-electron chi connectivity index (χ0n) is 10.2. The average molecular weight is 242 g/mol. The monoisotopic (exact) mass is 242 g/mol. The third kappa shape index (κ3) is 6.94. The van der Waals surface area contributed by atoms with Gasteiger partial charge in [0.2, 0.25) is 5.91 Å². The number of unbranched alkanes of at least 4 members (excludes halogenated alkanes) is 3. The molecule has 98 valence electrons. The average Bonchev–Trinajstić information content (AvgIpc) is 2.22. The Morgan fingerprint density at radius 3 is 2.47 bits per heavy atom. The zero-order valence-corrected chi connectivity index (χ0v) is 10.2. The molecule has 0 bridgehead atoms. The molecule has 1 aliphatic rings. The minimum atomic E-state index is -0.729. The van der Waals surface area contributed by atoms with Crippen molar-refractivity contribution in [2.45, 2.75) is 38.5 Å². The van der Waals surface area contributed by atoms with Crippen LogP contribution in [0.4, 0.5) is 0 Å². The van der Waals surface area contributed by atoms with Gasteiger partial charge in [-0.15, -0.1) is 0 Å². The van der Waals surface area contributed by atoms with Gasteiger partial charge in [0.25, 0.3) is 0 Å². The lowest BCUT2D eigenvalue weighted by molar-refractivity contribution is -0.137. The van der Waals surface area contributed by atoms with E-state index < -0.39 is 5.97 Å². The molecule has 0 saturated carbocycles. The summed E-state index contributed by atoms with van der Waals surface area (Å²) in [4.78, 5) is 21.7. The predicted molar refractivity (Wildman–Crippen MR) is 64.7 cm³/mol. The second-order valence-corrected chi connectivity index (χ2v) is 4.64. The molecule has 17 heavy (non-hydrogen) atoms. The fourth-order valence-corrected chi connectivity index (χ4v) is 1.81. The van der Waals surface area contributed by atoms with Gasteiger partial charge in [0.15, 0.2) is 0 Å². The van der Waals surface area contributed by atoms with Gasteiger partial charge in [0.05, 0.1) is 0 Å². The van der Waals surface area contributed by atoms with Crippen molar-refractivity contribution in [3.63, 3.8) is 0 Å². The molecule has 0 aliphatic carbocycles. The first-order valence-electron chi connectivity index (χ1n) is 6.37. The third-order valence-electron chi connectivity index (χ3n) is 2.98. The number of rotatable bonds is 9. The molecule has 3 N–H and O–H groups in total. The zero-order chi connectivity index (χ0) is 12.5. The fourth-order valence-electron chi connectivity index (χ4n) is 1.81. The number of carbonyl (C=O) groups is 2. The Morgan fingerprint density at radius 1 is 1.18 bits per heavy atom. The molecule has 0 radical (unpaired) electrons. The van der Waals surface area contributed by atoms with Crippen LogP contribution < -0.4 is 10.6 Å². The summed E-state index contributed by atoms with van der Waals surface area (Å²) in [6.45, 7) is 2.64. The largest absolute Gasteiger partial charge is 0.481 e. The lowest BCUT2D eigenvalue weighted by Crippen LogP contribution is -2.44. The summed E-state index contributed by atoms with van der Waals surface area (Å²) in [6.07, 6.45) is 4.46. The molecule has 5 heteroatoms. The van der Waals surface area contributed by atoms with Gasteiger partial charge in [-0.25, -0.2) is 0 Å². The second-order valence-electron chi connectivity index (χ2n) is 4.64. The number of carboxylic acids is 1. The van der Waals surface area contributed by atoms with Crippen LogP contribution in [0.2, 0.25) is 0 Å². The number of hydrogen-bond acceptors (Lipinski definition) is 3. The second kappa shape index (κ2) is 8.06. The number of nitrogens with one attached hydrogen (secondary N) is 2. The Labute approximate surface area is 102 Å². The number of aliphatic carboxylic acids is 1. The standard InChI is InChI=1S/C12H22N2O3/c15-11(7-10-8-13-9-10)14-6-4-2-1-3-5-12(16)17/h10,13H,1-9H2,(H,14,15)(H,16,17). The number of hydrogen-bond donors (Lipinski definition) is 3. The Balaban J connectivity index is 1.82. The Hall–Kier alpha value is -1.10. The predicted octanol–water partition coefficient (Wildman–Crippen LogP) is 0.747. The molecular weight excluding hydrogens is 220 g/mol. The van der Waals surface area contributed by atoms with E-state index in [2.05, 4.69) is 10.6 Å². The van der Waals surface area contributed by atoms with Gasteiger partial charge in [0, 0.05) is 19.4 Å². The highest BCUT2D eigenvalue weighted by molar-refractivity contribution is 5.76. The summed E-state index contributed by atoms with van der Waals surface area (Å²) in [5.74, 6) is -0.0694. The quantitative estimate of drug-likeness (QED) is 0.521. The van der Waals surface area contributed by atoms with Gasteiger partial charge in [0.1, 0.15) is 0 Å². The van der Waals surface area contributed by atoms with E-state index >= 15 is 0 Å². The van der Waals surface area contributed by atoms with Crippen molar-refractivity contribution < 1.29 is 14.7 Å². The van der Waals surface area contributed by atoms with E-state index in [1.54, 1.807) is 0 Å². The van der Waals surface area contributed by atoms with Crippen LogP contribution in [0.3, 0.4) is 0 Å². The van der Waals surface area contributed by atoms with E-state index in [1.807, 2.05) is 0 Å². The molecule has 5 nitrogen and oxygen atoms in total. The van der Waals surface area contributed by atoms with Crippen molar-refractivity contribution in [2.24, 2.45) is 5.92 Å². The van der Waals surface area contributed by atoms with Crippen molar-refractivity contribution in [3.8, 4) is 0 Å². The topological polar surface area (TPSA) is 78.4 Å². The van der Waals surface area contributed by atoms with E-state index in [9.17, 15) is 9.59 Å². The van der Waals surface area contributed by atoms with Crippen LogP contribution in [0, 0.1) is 5.92 Å². The van der Waals surface area contributed by atoms with Crippen LogP contribution in [-0.2, 0) is 9.59 Å². The van der Waals surface area contributed by atoms with Gasteiger partial charge in [-0.05, 0) is 31.8 Å². The summed E-state index contributed by atoms with van der Waals surface area (Å²) < 4.78 is 0. The van der Waals surface area contributed by atoms with Crippen molar-refractivity contribution in [1.82, 2.24) is 10.6 Å². The van der Waals surface area contributed by atoms with Crippen molar-refractivity contribution in [3.05, 3.63) is 0 Å². The molecule has 1 aliphatic heterocycles. The Kier molecular flexibility index (Phi) is 6.62. The molecule has 0 atom stereocenters. The molecule has 0 aromatic carbocycles. The molecule has 1 fully saturated rings. The number of carbonyl (C=O) groups excluding carboxylic acids is 1. The molecule has 0 spiro atoms. The molecular formula is C12H22N2O3. The summed E-state index contributed by atoms with van der Waals surface area (Å²) in [5.41, 5.74) is 0. The minimum Gasteiger partial charge on any atom is -0.481 e. The maximum absolute atomic E-state index is 11.4. The van der Waals surface area contributed by atoms with Crippen molar-refractivity contribution >= 4 is 11.9 Å². The summed E-state index contributed by atoms with van der Waals surface area (Å²) >= 11 is 0. The molecule has 0 unspecified atom stereocenters. The van der Waals surface area contributed by atoms with Crippen LogP contribution in [-0.4, -0.2) is 36.6 Å². The fraction of sp³-hybridized carbons (Fsp3) is 0.833. The molecule has 1 heterocycles. The van der Waals surface area contributed by atoms with E-state index in [0.717, 1.165) is 38.8 Å². The van der Waals surface area contributed by atoms with E-state index in [4.69, 9.17) is 5.11 Å². The summed E-state index contributed by atoms with van der Waals surface area (Å²) in [7, 11) is 0. The maximum atomic E-state index is 11.4. The first-order chi connectivity index (χ1) is 8.18. The van der Waals surface area contributed by atoms with E-state index in [0.29, 0.717) is 18.9 Å². The van der Waals surface area contributed by atoms with Crippen LogP contribution in [0.1, 0.15) is 38.5 Å². The molecule has 0 aromatic rings. The smallest absolute Gasteiger partial charge is 0.303 e. The van der Waals surface area contributed by atoms with Gasteiger partial charge in [-0.3, -0.25) is 9.59 Å². The number of carboxylic acid groups (broad SMARTS) is 1. The highest BCUT2D eigenvalue weighted by Gasteiger charge is 2.19.